The summed E-state index contributed by atoms with van der Waals surface area (Å²) in [5.74, 6) is -2.15. The highest BCUT2D eigenvalue weighted by Gasteiger charge is 2.44. The number of hydrogen-bond donors (Lipinski definition) is 0. The Balaban J connectivity index is 1.74. The minimum absolute atomic E-state index is 0.169. The SMILES string of the molecule is CCCN1C(=O)C(=O)N(CC(=O)c2cc(C)n(CCc3ccccc3)c2C)C1=O. The summed E-state index contributed by atoms with van der Waals surface area (Å²) in [6, 6.07) is 11.1. The van der Waals surface area contributed by atoms with Gasteiger partial charge in [-0.2, -0.15) is 0 Å². The fourth-order valence-electron chi connectivity index (χ4n) is 3.65. The molecule has 2 heterocycles. The Kier molecular flexibility index (Phi) is 5.96. The lowest BCUT2D eigenvalue weighted by Gasteiger charge is -2.14. The molecule has 0 atom stereocenters. The van der Waals surface area contributed by atoms with Gasteiger partial charge in [-0.3, -0.25) is 19.3 Å². The molecule has 1 aromatic carbocycles. The van der Waals surface area contributed by atoms with E-state index in [0.717, 1.165) is 34.2 Å². The van der Waals surface area contributed by atoms with Gasteiger partial charge in [0.25, 0.3) is 0 Å². The van der Waals surface area contributed by atoms with Crippen LogP contribution >= 0.6 is 0 Å². The molecular weight excluding hydrogens is 370 g/mol. The van der Waals surface area contributed by atoms with Crippen LogP contribution in [0.1, 0.15) is 40.7 Å². The van der Waals surface area contributed by atoms with Crippen molar-refractivity contribution in [3.8, 4) is 0 Å². The van der Waals surface area contributed by atoms with Crippen molar-refractivity contribution in [1.29, 1.82) is 0 Å². The summed E-state index contributed by atoms with van der Waals surface area (Å²) in [6.07, 6.45) is 1.38. The quantitative estimate of drug-likeness (QED) is 0.391. The first-order chi connectivity index (χ1) is 13.8. The van der Waals surface area contributed by atoms with Crippen molar-refractivity contribution in [1.82, 2.24) is 14.4 Å². The molecular formula is C22H25N3O4. The molecule has 1 aliphatic rings. The van der Waals surface area contributed by atoms with Gasteiger partial charge >= 0.3 is 17.8 Å². The zero-order valence-electron chi connectivity index (χ0n) is 17.0. The highest BCUT2D eigenvalue weighted by atomic mass is 16.2. The zero-order valence-corrected chi connectivity index (χ0v) is 17.0. The molecule has 1 fully saturated rings. The second-order valence-electron chi connectivity index (χ2n) is 7.23. The van der Waals surface area contributed by atoms with Gasteiger partial charge in [0, 0.05) is 30.0 Å². The molecule has 0 radical (unpaired) electrons. The molecule has 0 unspecified atom stereocenters. The van der Waals surface area contributed by atoms with E-state index in [0.29, 0.717) is 12.0 Å². The Hall–Kier alpha value is -3.22. The number of imide groups is 2. The number of Topliss-reactive ketones (excluding diaryl/α,β-unsaturated/α-hetero) is 1. The van der Waals surface area contributed by atoms with Gasteiger partial charge < -0.3 is 4.57 Å². The predicted octanol–water partition coefficient (Wildman–Crippen LogP) is 2.73. The molecule has 3 rings (SSSR count). The summed E-state index contributed by atoms with van der Waals surface area (Å²) < 4.78 is 2.06. The molecule has 1 saturated heterocycles. The van der Waals surface area contributed by atoms with E-state index in [1.54, 1.807) is 6.07 Å². The van der Waals surface area contributed by atoms with Crippen LogP contribution in [0.2, 0.25) is 0 Å². The van der Waals surface area contributed by atoms with Gasteiger partial charge in [-0.05, 0) is 38.3 Å². The van der Waals surface area contributed by atoms with Crippen molar-refractivity contribution in [3.05, 3.63) is 58.9 Å². The summed E-state index contributed by atoms with van der Waals surface area (Å²) in [7, 11) is 0. The lowest BCUT2D eigenvalue weighted by atomic mass is 10.1. The predicted molar refractivity (Wildman–Crippen MR) is 107 cm³/mol. The van der Waals surface area contributed by atoms with Gasteiger partial charge in [-0.25, -0.2) is 9.69 Å². The van der Waals surface area contributed by atoms with Crippen molar-refractivity contribution in [3.63, 3.8) is 0 Å². The first-order valence-corrected chi connectivity index (χ1v) is 9.76. The molecule has 1 aromatic heterocycles. The molecule has 0 aliphatic carbocycles. The van der Waals surface area contributed by atoms with Crippen LogP contribution in [0.4, 0.5) is 4.79 Å². The van der Waals surface area contributed by atoms with E-state index in [2.05, 4.69) is 16.7 Å². The molecule has 0 spiro atoms. The van der Waals surface area contributed by atoms with E-state index in [1.165, 1.54) is 5.56 Å². The summed E-state index contributed by atoms with van der Waals surface area (Å²) in [5, 5.41) is 0. The van der Waals surface area contributed by atoms with E-state index in [1.807, 2.05) is 39.0 Å². The third-order valence-electron chi connectivity index (χ3n) is 5.22. The first-order valence-electron chi connectivity index (χ1n) is 9.76. The van der Waals surface area contributed by atoms with E-state index in [-0.39, 0.29) is 12.3 Å². The molecule has 0 N–H and O–H groups in total. The number of hydrogen-bond acceptors (Lipinski definition) is 4. The maximum absolute atomic E-state index is 12.8. The summed E-state index contributed by atoms with van der Waals surface area (Å²) in [4.78, 5) is 51.0. The molecule has 7 heteroatoms. The molecule has 7 nitrogen and oxygen atoms in total. The number of carbonyl (C=O) groups is 4. The van der Waals surface area contributed by atoms with Gasteiger partial charge in [-0.1, -0.05) is 37.3 Å². The van der Waals surface area contributed by atoms with Crippen LogP contribution in [-0.2, 0) is 22.6 Å². The summed E-state index contributed by atoms with van der Waals surface area (Å²) >= 11 is 0. The average Bonchev–Trinajstić information content (AvgIpc) is 3.10. The minimum atomic E-state index is -0.935. The van der Waals surface area contributed by atoms with Crippen LogP contribution in [0.15, 0.2) is 36.4 Å². The number of benzene rings is 1. The number of rotatable bonds is 8. The van der Waals surface area contributed by atoms with Gasteiger partial charge in [0.15, 0.2) is 5.78 Å². The number of ketones is 1. The first kappa shape index (κ1) is 20.5. The number of urea groups is 1. The highest BCUT2D eigenvalue weighted by molar-refractivity contribution is 6.45. The second kappa shape index (κ2) is 8.43. The molecule has 0 bridgehead atoms. The van der Waals surface area contributed by atoms with Crippen LogP contribution in [0, 0.1) is 13.8 Å². The van der Waals surface area contributed by atoms with Gasteiger partial charge in [0.2, 0.25) is 0 Å². The number of aryl methyl sites for hydroxylation is 2. The maximum Gasteiger partial charge on any atom is 0.334 e. The fourth-order valence-corrected chi connectivity index (χ4v) is 3.65. The van der Waals surface area contributed by atoms with Gasteiger partial charge in [0.05, 0.1) is 6.54 Å². The van der Waals surface area contributed by atoms with Crippen LogP contribution in [0.25, 0.3) is 0 Å². The van der Waals surface area contributed by atoms with E-state index >= 15 is 0 Å². The average molecular weight is 395 g/mol. The molecule has 29 heavy (non-hydrogen) atoms. The Morgan fingerprint density at radius 3 is 2.24 bits per heavy atom. The molecule has 152 valence electrons. The summed E-state index contributed by atoms with van der Waals surface area (Å²) in [6.45, 7) is 6.05. The summed E-state index contributed by atoms with van der Waals surface area (Å²) in [5.41, 5.74) is 3.40. The number of nitrogens with zero attached hydrogens (tertiary/aromatic N) is 3. The Bertz CT molecular complexity index is 962. The third kappa shape index (κ3) is 3.99. The van der Waals surface area contributed by atoms with E-state index in [4.69, 9.17) is 0 Å². The van der Waals surface area contributed by atoms with Crippen molar-refractivity contribution in [2.75, 3.05) is 13.1 Å². The molecule has 0 saturated carbocycles. The fraction of sp³-hybridized carbons (Fsp3) is 0.364. The zero-order chi connectivity index (χ0) is 21.1. The monoisotopic (exact) mass is 395 g/mol. The Labute approximate surface area is 169 Å². The molecule has 2 aromatic rings. The second-order valence-corrected chi connectivity index (χ2v) is 7.23. The molecule has 4 amide bonds. The normalized spacial score (nSPS) is 14.2. The largest absolute Gasteiger partial charge is 0.348 e. The topological polar surface area (TPSA) is 79.7 Å². The van der Waals surface area contributed by atoms with Gasteiger partial charge in [-0.15, -0.1) is 0 Å². The van der Waals surface area contributed by atoms with Crippen LogP contribution < -0.4 is 0 Å². The number of carbonyl (C=O) groups excluding carboxylic acids is 4. The standard InChI is InChI=1S/C22H25N3O4/c1-4-11-24-20(27)21(28)25(22(24)29)14-19(26)18-13-15(2)23(16(18)3)12-10-17-8-6-5-7-9-17/h5-9,13H,4,10-12,14H2,1-3H3. The van der Waals surface area contributed by atoms with Crippen LogP contribution in [0.3, 0.4) is 0 Å². The maximum atomic E-state index is 12.8. The van der Waals surface area contributed by atoms with E-state index in [9.17, 15) is 19.2 Å². The Morgan fingerprint density at radius 2 is 1.59 bits per heavy atom. The van der Waals surface area contributed by atoms with E-state index < -0.39 is 24.4 Å². The van der Waals surface area contributed by atoms with Crippen LogP contribution in [0.5, 0.6) is 0 Å². The van der Waals surface area contributed by atoms with Crippen molar-refractivity contribution < 1.29 is 19.2 Å². The van der Waals surface area contributed by atoms with Gasteiger partial charge in [0.1, 0.15) is 0 Å². The van der Waals surface area contributed by atoms with Crippen molar-refractivity contribution in [2.45, 2.75) is 40.2 Å². The lowest BCUT2D eigenvalue weighted by molar-refractivity contribution is -0.143. The highest BCUT2D eigenvalue weighted by Crippen LogP contribution is 2.19. The minimum Gasteiger partial charge on any atom is -0.348 e. The van der Waals surface area contributed by atoms with Crippen molar-refractivity contribution >= 4 is 23.6 Å². The molecule has 1 aliphatic heterocycles. The smallest absolute Gasteiger partial charge is 0.334 e. The number of aromatic nitrogens is 1. The Morgan fingerprint density at radius 1 is 0.931 bits per heavy atom. The van der Waals surface area contributed by atoms with Crippen molar-refractivity contribution in [2.24, 2.45) is 0 Å². The number of amides is 4. The lowest BCUT2D eigenvalue weighted by Crippen LogP contribution is -2.37. The third-order valence-corrected chi connectivity index (χ3v) is 5.22. The van der Waals surface area contributed by atoms with Crippen LogP contribution in [-0.4, -0.2) is 51.1 Å².